The van der Waals surface area contributed by atoms with Crippen LogP contribution in [0.1, 0.15) is 39.3 Å². The first kappa shape index (κ1) is 14.7. The SMILES string of the molecule is O=C(O)Cn1cc(CNC(=O)c2csc3c2CCCC3)nn1. The fourth-order valence-electron chi connectivity index (χ4n) is 2.59. The standard InChI is InChI=1S/C14H16N4O3S/c19-13(20)7-18-6-9(16-17-18)5-15-14(21)11-8-22-12-4-2-1-3-10(11)12/h6,8H,1-5,7H2,(H,15,21)(H,19,20). The smallest absolute Gasteiger partial charge is 0.325 e. The van der Waals surface area contributed by atoms with E-state index < -0.39 is 5.97 Å². The lowest BCUT2D eigenvalue weighted by Gasteiger charge is -2.12. The van der Waals surface area contributed by atoms with E-state index in [-0.39, 0.29) is 19.0 Å². The average molecular weight is 320 g/mol. The molecule has 0 unspecified atom stereocenters. The Bertz CT molecular complexity index is 707. The van der Waals surface area contributed by atoms with Crippen molar-refractivity contribution in [3.8, 4) is 0 Å². The number of nitrogens with one attached hydrogen (secondary N) is 1. The molecule has 0 spiro atoms. The normalized spacial score (nSPS) is 13.6. The van der Waals surface area contributed by atoms with Gasteiger partial charge >= 0.3 is 5.97 Å². The van der Waals surface area contributed by atoms with Gasteiger partial charge in [-0.25, -0.2) is 4.68 Å². The molecule has 2 N–H and O–H groups in total. The monoisotopic (exact) mass is 320 g/mol. The van der Waals surface area contributed by atoms with Crippen LogP contribution in [0.3, 0.4) is 0 Å². The summed E-state index contributed by atoms with van der Waals surface area (Å²) < 4.78 is 1.23. The van der Waals surface area contributed by atoms with Gasteiger partial charge in [0.05, 0.1) is 18.3 Å². The third kappa shape index (κ3) is 3.16. The summed E-state index contributed by atoms with van der Waals surface area (Å²) in [5.41, 5.74) is 2.49. The van der Waals surface area contributed by atoms with Crippen LogP contribution in [0.4, 0.5) is 0 Å². The summed E-state index contributed by atoms with van der Waals surface area (Å²) in [7, 11) is 0. The van der Waals surface area contributed by atoms with E-state index in [1.807, 2.05) is 5.38 Å². The molecular formula is C14H16N4O3S. The van der Waals surface area contributed by atoms with Crippen LogP contribution < -0.4 is 5.32 Å². The van der Waals surface area contributed by atoms with Crippen LogP contribution in [-0.2, 0) is 30.7 Å². The van der Waals surface area contributed by atoms with Crippen molar-refractivity contribution in [2.75, 3.05) is 0 Å². The largest absolute Gasteiger partial charge is 0.480 e. The number of hydrogen-bond donors (Lipinski definition) is 2. The van der Waals surface area contributed by atoms with E-state index in [9.17, 15) is 9.59 Å². The van der Waals surface area contributed by atoms with Gasteiger partial charge < -0.3 is 10.4 Å². The van der Waals surface area contributed by atoms with E-state index >= 15 is 0 Å². The zero-order valence-electron chi connectivity index (χ0n) is 11.9. The molecule has 1 aliphatic rings. The Kier molecular flexibility index (Phi) is 4.19. The van der Waals surface area contributed by atoms with Crippen molar-refractivity contribution in [2.24, 2.45) is 0 Å². The number of carbonyl (C=O) groups excluding carboxylic acids is 1. The van der Waals surface area contributed by atoms with Crippen molar-refractivity contribution in [3.05, 3.63) is 33.3 Å². The second-order valence-electron chi connectivity index (χ2n) is 5.24. The summed E-state index contributed by atoms with van der Waals surface area (Å²) in [6.45, 7) is 0.00204. The minimum atomic E-state index is -0.981. The Hall–Kier alpha value is -2.22. The number of fused-ring (bicyclic) bond motifs is 1. The maximum absolute atomic E-state index is 12.3. The molecule has 2 aromatic heterocycles. The molecule has 1 amide bonds. The van der Waals surface area contributed by atoms with Crippen LogP contribution in [0.5, 0.6) is 0 Å². The van der Waals surface area contributed by atoms with E-state index in [0.717, 1.165) is 24.8 Å². The first-order chi connectivity index (χ1) is 10.6. The quantitative estimate of drug-likeness (QED) is 0.863. The van der Waals surface area contributed by atoms with Gasteiger partial charge in [-0.1, -0.05) is 5.21 Å². The molecule has 2 aromatic rings. The van der Waals surface area contributed by atoms with Crippen LogP contribution in [-0.4, -0.2) is 32.0 Å². The highest BCUT2D eigenvalue weighted by Crippen LogP contribution is 2.30. The number of amides is 1. The molecule has 0 aliphatic heterocycles. The van der Waals surface area contributed by atoms with Crippen molar-refractivity contribution in [1.82, 2.24) is 20.3 Å². The topological polar surface area (TPSA) is 97.1 Å². The molecule has 0 bridgehead atoms. The van der Waals surface area contributed by atoms with Gasteiger partial charge in [0.15, 0.2) is 0 Å². The summed E-state index contributed by atoms with van der Waals surface area (Å²) in [5.74, 6) is -1.09. The van der Waals surface area contributed by atoms with Crippen molar-refractivity contribution in [2.45, 2.75) is 38.8 Å². The van der Waals surface area contributed by atoms with E-state index in [1.165, 1.54) is 27.7 Å². The summed E-state index contributed by atoms with van der Waals surface area (Å²) in [5, 5.41) is 21.0. The third-order valence-corrected chi connectivity index (χ3v) is 4.71. The molecule has 0 fully saturated rings. The minimum Gasteiger partial charge on any atom is -0.480 e. The fourth-order valence-corrected chi connectivity index (χ4v) is 3.71. The lowest BCUT2D eigenvalue weighted by atomic mass is 9.96. The minimum absolute atomic E-state index is 0.104. The summed E-state index contributed by atoms with van der Waals surface area (Å²) in [6.07, 6.45) is 5.89. The second-order valence-corrected chi connectivity index (χ2v) is 6.21. The third-order valence-electron chi connectivity index (χ3n) is 3.62. The van der Waals surface area contributed by atoms with Gasteiger partial charge in [0.1, 0.15) is 12.2 Å². The number of rotatable bonds is 5. The highest BCUT2D eigenvalue weighted by atomic mass is 32.1. The van der Waals surface area contributed by atoms with Crippen molar-refractivity contribution < 1.29 is 14.7 Å². The molecule has 3 rings (SSSR count). The molecule has 0 atom stereocenters. The van der Waals surface area contributed by atoms with Gasteiger partial charge in [-0.2, -0.15) is 0 Å². The molecule has 116 valence electrons. The number of aliphatic carboxylic acids is 1. The van der Waals surface area contributed by atoms with Crippen LogP contribution in [0.15, 0.2) is 11.6 Å². The zero-order chi connectivity index (χ0) is 15.5. The molecule has 1 aliphatic carbocycles. The van der Waals surface area contributed by atoms with Crippen LogP contribution in [0, 0.1) is 0 Å². The number of hydrogen-bond acceptors (Lipinski definition) is 5. The first-order valence-corrected chi connectivity index (χ1v) is 7.99. The van der Waals surface area contributed by atoms with Gasteiger partial charge in [0, 0.05) is 10.3 Å². The molecular weight excluding hydrogens is 304 g/mol. The maximum Gasteiger partial charge on any atom is 0.325 e. The Morgan fingerprint density at radius 3 is 3.00 bits per heavy atom. The highest BCUT2D eigenvalue weighted by molar-refractivity contribution is 7.10. The summed E-state index contributed by atoms with van der Waals surface area (Å²) in [4.78, 5) is 24.2. The molecule has 0 saturated heterocycles. The maximum atomic E-state index is 12.3. The van der Waals surface area contributed by atoms with Crippen molar-refractivity contribution in [1.29, 1.82) is 0 Å². The Morgan fingerprint density at radius 1 is 1.36 bits per heavy atom. The average Bonchev–Trinajstić information content (AvgIpc) is 3.10. The predicted molar refractivity (Wildman–Crippen MR) is 79.8 cm³/mol. The number of aryl methyl sites for hydroxylation is 1. The van der Waals surface area contributed by atoms with Gasteiger partial charge in [-0.15, -0.1) is 16.4 Å². The molecule has 22 heavy (non-hydrogen) atoms. The number of carboxylic acids is 1. The van der Waals surface area contributed by atoms with Gasteiger partial charge in [0.2, 0.25) is 0 Å². The van der Waals surface area contributed by atoms with Crippen molar-refractivity contribution >= 4 is 23.2 Å². The van der Waals surface area contributed by atoms with Crippen LogP contribution >= 0.6 is 11.3 Å². The number of nitrogens with zero attached hydrogens (tertiary/aromatic N) is 3. The lowest BCUT2D eigenvalue weighted by molar-refractivity contribution is -0.137. The molecule has 7 nitrogen and oxygen atoms in total. The fraction of sp³-hybridized carbons (Fsp3) is 0.429. The Balaban J connectivity index is 1.61. The Labute approximate surface area is 131 Å². The van der Waals surface area contributed by atoms with Crippen molar-refractivity contribution in [3.63, 3.8) is 0 Å². The van der Waals surface area contributed by atoms with Crippen LogP contribution in [0.25, 0.3) is 0 Å². The molecule has 0 radical (unpaired) electrons. The van der Waals surface area contributed by atoms with Gasteiger partial charge in [-0.3, -0.25) is 9.59 Å². The van der Waals surface area contributed by atoms with E-state index in [0.29, 0.717) is 5.69 Å². The van der Waals surface area contributed by atoms with E-state index in [2.05, 4.69) is 15.6 Å². The predicted octanol–water partition coefficient (Wildman–Crippen LogP) is 1.23. The molecule has 8 heteroatoms. The number of thiophene rings is 1. The van der Waals surface area contributed by atoms with Gasteiger partial charge in [-0.05, 0) is 31.2 Å². The second kappa shape index (κ2) is 6.27. The van der Waals surface area contributed by atoms with E-state index in [1.54, 1.807) is 11.3 Å². The van der Waals surface area contributed by atoms with Crippen LogP contribution in [0.2, 0.25) is 0 Å². The molecule has 0 aromatic carbocycles. The number of carboxylic acid groups (broad SMARTS) is 1. The summed E-state index contributed by atoms with van der Waals surface area (Å²) in [6, 6.07) is 0. The molecule has 2 heterocycles. The van der Waals surface area contributed by atoms with E-state index in [4.69, 9.17) is 5.11 Å². The Morgan fingerprint density at radius 2 is 2.18 bits per heavy atom. The number of aromatic nitrogens is 3. The zero-order valence-corrected chi connectivity index (χ0v) is 12.7. The highest BCUT2D eigenvalue weighted by Gasteiger charge is 2.20. The lowest BCUT2D eigenvalue weighted by Crippen LogP contribution is -2.24. The number of carbonyl (C=O) groups is 2. The first-order valence-electron chi connectivity index (χ1n) is 7.11. The summed E-state index contributed by atoms with van der Waals surface area (Å²) >= 11 is 1.65. The molecule has 0 saturated carbocycles. The van der Waals surface area contributed by atoms with Gasteiger partial charge in [0.25, 0.3) is 5.91 Å².